The Morgan fingerprint density at radius 1 is 0.625 bits per heavy atom. The molecule has 8 atom stereocenters. The van der Waals surface area contributed by atoms with Gasteiger partial charge in [-0.05, 0) is 32.1 Å². The van der Waals surface area contributed by atoms with E-state index in [0.29, 0.717) is 12.8 Å². The number of carbonyl (C=O) groups is 1. The van der Waals surface area contributed by atoms with Crippen molar-refractivity contribution in [3.05, 3.63) is 24.3 Å². The minimum atomic E-state index is -5.12. The quantitative estimate of drug-likeness (QED) is 0.0173. The van der Waals surface area contributed by atoms with E-state index in [1.807, 2.05) is 0 Å². The van der Waals surface area contributed by atoms with Crippen molar-refractivity contribution in [3.8, 4) is 0 Å². The summed E-state index contributed by atoms with van der Waals surface area (Å²) in [4.78, 5) is 13.1. The van der Waals surface area contributed by atoms with Crippen LogP contribution < -0.4 is 5.32 Å². The van der Waals surface area contributed by atoms with Crippen LogP contribution in [0.2, 0.25) is 0 Å². The topological polar surface area (TPSA) is 212 Å². The summed E-state index contributed by atoms with van der Waals surface area (Å²) in [6, 6.07) is -1.13. The van der Waals surface area contributed by atoms with Gasteiger partial charge in [0.25, 0.3) is 0 Å². The van der Waals surface area contributed by atoms with Crippen LogP contribution in [0.3, 0.4) is 0 Å². The van der Waals surface area contributed by atoms with Crippen molar-refractivity contribution < 1.29 is 57.0 Å². The predicted octanol–water partition coefficient (Wildman–Crippen LogP) is 9.86. The molecule has 0 aromatic carbocycles. The van der Waals surface area contributed by atoms with Crippen molar-refractivity contribution in [2.24, 2.45) is 0 Å². The lowest BCUT2D eigenvalue weighted by molar-refractivity contribution is -0.298. The van der Waals surface area contributed by atoms with E-state index in [2.05, 4.69) is 35.5 Å². The van der Waals surface area contributed by atoms with E-state index in [9.17, 15) is 43.3 Å². The average Bonchev–Trinajstić information content (AvgIpc) is 3.27. The molecule has 8 unspecified atom stereocenters. The fraction of sp³-hybridized carbons (Fsp3) is 0.900. The molecule has 1 aliphatic rings. The molecule has 1 heterocycles. The summed E-state index contributed by atoms with van der Waals surface area (Å²) in [7, 11) is -5.12. The number of hydrogen-bond acceptors (Lipinski definition) is 11. The molecule has 13 nitrogen and oxygen atoms in total. The van der Waals surface area contributed by atoms with E-state index < -0.39 is 78.5 Å². The summed E-state index contributed by atoms with van der Waals surface area (Å²) >= 11 is 0. The van der Waals surface area contributed by atoms with Gasteiger partial charge in [0.05, 0.1) is 25.4 Å². The second-order valence-corrected chi connectivity index (χ2v) is 19.3. The SMILES string of the molecule is CCCCCCCCCCCC/C=C/CC/C=C/C(O)C(COC1OC(CO)C(O)C(OS(=O)(=O)O)C1O)NC(=O)C(O)CCCCCCCCCCCCCCCCCCCCC. The predicted molar refractivity (Wildman–Crippen MR) is 256 cm³/mol. The van der Waals surface area contributed by atoms with E-state index in [4.69, 9.17) is 9.47 Å². The summed E-state index contributed by atoms with van der Waals surface area (Å²) in [5.41, 5.74) is 0. The van der Waals surface area contributed by atoms with Gasteiger partial charge in [0.15, 0.2) is 6.29 Å². The minimum absolute atomic E-state index is 0.241. The minimum Gasteiger partial charge on any atom is -0.394 e. The molecule has 0 aromatic rings. The van der Waals surface area contributed by atoms with Crippen molar-refractivity contribution >= 4 is 16.3 Å². The van der Waals surface area contributed by atoms with Crippen LogP contribution in [0.15, 0.2) is 24.3 Å². The highest BCUT2D eigenvalue weighted by molar-refractivity contribution is 7.80. The molecular formula is C50H95NO12S. The maximum absolute atomic E-state index is 13.1. The van der Waals surface area contributed by atoms with Crippen LogP contribution in [0.4, 0.5) is 0 Å². The largest absolute Gasteiger partial charge is 0.397 e. The smallest absolute Gasteiger partial charge is 0.394 e. The Labute approximate surface area is 389 Å². The molecule has 1 aliphatic heterocycles. The highest BCUT2D eigenvalue weighted by atomic mass is 32.3. The molecule has 7 N–H and O–H groups in total. The first-order chi connectivity index (χ1) is 30.9. The first-order valence-corrected chi connectivity index (χ1v) is 27.2. The number of carbonyl (C=O) groups excluding carboxylic acids is 1. The zero-order valence-electron chi connectivity index (χ0n) is 40.2. The number of aliphatic hydroxyl groups excluding tert-OH is 5. The van der Waals surface area contributed by atoms with Crippen LogP contribution in [0.5, 0.6) is 0 Å². The Kier molecular flexibility index (Phi) is 38.4. The Hall–Kier alpha value is -1.46. The van der Waals surface area contributed by atoms with E-state index in [-0.39, 0.29) is 6.42 Å². The third-order valence-electron chi connectivity index (χ3n) is 12.3. The number of rotatable bonds is 44. The number of unbranched alkanes of at least 4 members (excludes halogenated alkanes) is 29. The van der Waals surface area contributed by atoms with E-state index in [1.54, 1.807) is 6.08 Å². The van der Waals surface area contributed by atoms with E-state index in [0.717, 1.165) is 38.5 Å². The molecular weight excluding hydrogens is 839 g/mol. The molecule has 0 saturated carbocycles. The van der Waals surface area contributed by atoms with Crippen molar-refractivity contribution in [3.63, 3.8) is 0 Å². The van der Waals surface area contributed by atoms with Gasteiger partial charge in [-0.15, -0.1) is 0 Å². The van der Waals surface area contributed by atoms with Gasteiger partial charge in [-0.3, -0.25) is 9.35 Å². The summed E-state index contributed by atoms with van der Waals surface area (Å²) in [5.74, 6) is -0.709. The molecule has 0 spiro atoms. The van der Waals surface area contributed by atoms with E-state index in [1.165, 1.54) is 160 Å². The van der Waals surface area contributed by atoms with Crippen LogP contribution >= 0.6 is 0 Å². The van der Waals surface area contributed by atoms with Crippen molar-refractivity contribution in [1.29, 1.82) is 0 Å². The Bertz CT molecular complexity index is 1250. The fourth-order valence-electron chi connectivity index (χ4n) is 8.24. The highest BCUT2D eigenvalue weighted by Crippen LogP contribution is 2.26. The number of allylic oxidation sites excluding steroid dienone is 3. The number of aliphatic hydroxyl groups is 5. The zero-order valence-corrected chi connectivity index (χ0v) is 41.0. The number of amides is 1. The lowest BCUT2D eigenvalue weighted by atomic mass is 9.99. The molecule has 14 heteroatoms. The molecule has 1 amide bonds. The molecule has 64 heavy (non-hydrogen) atoms. The maximum Gasteiger partial charge on any atom is 0.397 e. The zero-order chi connectivity index (χ0) is 47.1. The first kappa shape index (κ1) is 60.6. The molecule has 0 aliphatic carbocycles. The molecule has 1 saturated heterocycles. The summed E-state index contributed by atoms with van der Waals surface area (Å²) in [5, 5.41) is 55.3. The van der Waals surface area contributed by atoms with Gasteiger partial charge in [-0.2, -0.15) is 8.42 Å². The molecule has 0 radical (unpaired) electrons. The van der Waals surface area contributed by atoms with Crippen LogP contribution in [0.25, 0.3) is 0 Å². The van der Waals surface area contributed by atoms with Gasteiger partial charge in [-0.1, -0.05) is 218 Å². The van der Waals surface area contributed by atoms with Crippen molar-refractivity contribution in [2.45, 2.75) is 275 Å². The van der Waals surface area contributed by atoms with Crippen LogP contribution in [-0.4, -0.2) is 107 Å². The second-order valence-electron chi connectivity index (χ2n) is 18.3. The molecule has 0 bridgehead atoms. The molecule has 1 fully saturated rings. The van der Waals surface area contributed by atoms with Gasteiger partial charge in [-0.25, -0.2) is 4.18 Å². The monoisotopic (exact) mass is 934 g/mol. The highest BCUT2D eigenvalue weighted by Gasteiger charge is 2.48. The third kappa shape index (κ3) is 32.3. The Morgan fingerprint density at radius 3 is 1.50 bits per heavy atom. The normalized spacial score (nSPS) is 20.9. The number of nitrogens with one attached hydrogen (secondary N) is 1. The third-order valence-corrected chi connectivity index (χ3v) is 12.8. The second kappa shape index (κ2) is 40.6. The van der Waals surface area contributed by atoms with Gasteiger partial charge >= 0.3 is 10.4 Å². The van der Waals surface area contributed by atoms with Crippen LogP contribution in [-0.2, 0) is 28.9 Å². The summed E-state index contributed by atoms with van der Waals surface area (Å²) in [6.45, 7) is 3.22. The first-order valence-electron chi connectivity index (χ1n) is 25.8. The fourth-order valence-corrected chi connectivity index (χ4v) is 8.75. The lowest BCUT2D eigenvalue weighted by Crippen LogP contribution is -2.61. The maximum atomic E-state index is 13.1. The summed E-state index contributed by atoms with van der Waals surface area (Å²) in [6.07, 6.45) is 35.4. The van der Waals surface area contributed by atoms with Gasteiger partial charge < -0.3 is 40.3 Å². The number of ether oxygens (including phenoxy) is 2. The standard InChI is InChI=1S/C50H95NO12S/c1-3-5-7-9-11-13-15-17-19-21-22-23-25-27-29-31-33-35-37-39-44(54)49(57)51-42(41-61-50-47(56)48(63-64(58,59)60)46(55)45(40-52)62-50)43(53)38-36-34-32-30-28-26-24-20-18-16-14-12-10-8-6-4-2/h28,30,36,38,42-48,50,52-56H,3-27,29,31-35,37,39-41H2,1-2H3,(H,51,57)(H,58,59,60)/b30-28+,38-36+. The average molecular weight is 934 g/mol. The van der Waals surface area contributed by atoms with Crippen molar-refractivity contribution in [2.75, 3.05) is 13.2 Å². The number of hydrogen-bond donors (Lipinski definition) is 7. The molecule has 0 aromatic heterocycles. The lowest BCUT2D eigenvalue weighted by Gasteiger charge is -2.41. The van der Waals surface area contributed by atoms with Crippen molar-refractivity contribution in [1.82, 2.24) is 5.32 Å². The van der Waals surface area contributed by atoms with E-state index >= 15 is 0 Å². The molecule has 378 valence electrons. The van der Waals surface area contributed by atoms with Gasteiger partial charge in [0.1, 0.15) is 30.5 Å². The van der Waals surface area contributed by atoms with Gasteiger partial charge in [0.2, 0.25) is 5.91 Å². The molecule has 1 rings (SSSR count). The Morgan fingerprint density at radius 2 is 1.05 bits per heavy atom. The van der Waals surface area contributed by atoms with Crippen LogP contribution in [0, 0.1) is 0 Å². The Balaban J connectivity index is 2.52. The van der Waals surface area contributed by atoms with Crippen LogP contribution in [0.1, 0.15) is 226 Å². The summed E-state index contributed by atoms with van der Waals surface area (Å²) < 4.78 is 47.6. The van der Waals surface area contributed by atoms with Gasteiger partial charge in [0, 0.05) is 0 Å².